The molecule has 7 heteroatoms. The highest BCUT2D eigenvalue weighted by Gasteiger charge is 2.11. The summed E-state index contributed by atoms with van der Waals surface area (Å²) < 4.78 is 16.6. The maximum absolute atomic E-state index is 6.18. The molecule has 0 bridgehead atoms. The van der Waals surface area contributed by atoms with Crippen molar-refractivity contribution in [2.24, 2.45) is 0 Å². The third kappa shape index (κ3) is 5.03. The van der Waals surface area contributed by atoms with Gasteiger partial charge in [0.25, 0.3) is 0 Å². The molecule has 2 aromatic carbocycles. The highest BCUT2D eigenvalue weighted by Crippen LogP contribution is 2.31. The summed E-state index contributed by atoms with van der Waals surface area (Å²) in [5.74, 6) is 2.93. The molecule has 7 nitrogen and oxygen atoms in total. The number of hydrogen-bond acceptors (Lipinski definition) is 7. The maximum atomic E-state index is 6.18. The fraction of sp³-hybridized carbons (Fsp3) is 0.238. The minimum absolute atomic E-state index is 0.280. The molecule has 0 aliphatic carbocycles. The Morgan fingerprint density at radius 2 is 1.61 bits per heavy atom. The third-order valence-electron chi connectivity index (χ3n) is 4.00. The van der Waals surface area contributed by atoms with Gasteiger partial charge in [-0.25, -0.2) is 4.98 Å². The zero-order valence-corrected chi connectivity index (χ0v) is 16.0. The molecule has 1 heterocycles. The smallest absolute Gasteiger partial charge is 0.248 e. The van der Waals surface area contributed by atoms with Crippen molar-refractivity contribution in [1.82, 2.24) is 9.97 Å². The number of aromatic nitrogens is 2. The first kappa shape index (κ1) is 19.3. The summed E-state index contributed by atoms with van der Waals surface area (Å²) in [6, 6.07) is 14.8. The molecular formula is C21H24N4O3. The molecule has 0 aliphatic heterocycles. The van der Waals surface area contributed by atoms with Crippen molar-refractivity contribution in [1.29, 1.82) is 0 Å². The van der Waals surface area contributed by atoms with Crippen LogP contribution < -0.4 is 25.3 Å². The molecule has 1 aromatic heterocycles. The van der Waals surface area contributed by atoms with Crippen LogP contribution in [0.15, 0.2) is 54.9 Å². The van der Waals surface area contributed by atoms with E-state index in [0.717, 1.165) is 30.0 Å². The van der Waals surface area contributed by atoms with Crippen LogP contribution >= 0.6 is 0 Å². The molecule has 3 rings (SSSR count). The molecule has 0 fully saturated rings. The fourth-order valence-corrected chi connectivity index (χ4v) is 2.42. The number of anilines is 3. The van der Waals surface area contributed by atoms with Gasteiger partial charge in [-0.05, 0) is 55.0 Å². The monoisotopic (exact) mass is 380 g/mol. The van der Waals surface area contributed by atoms with Gasteiger partial charge in [-0.3, -0.25) is 0 Å². The van der Waals surface area contributed by atoms with Crippen LogP contribution in [0.5, 0.6) is 23.1 Å². The summed E-state index contributed by atoms with van der Waals surface area (Å²) in [5.41, 5.74) is 7.34. The van der Waals surface area contributed by atoms with Crippen molar-refractivity contribution in [3.05, 3.63) is 54.9 Å². The predicted octanol–water partition coefficient (Wildman–Crippen LogP) is 4.78. The van der Waals surface area contributed by atoms with Crippen LogP contribution in [0.3, 0.4) is 0 Å². The topological polar surface area (TPSA) is 91.5 Å². The molecule has 0 spiro atoms. The normalized spacial score (nSPS) is 10.4. The lowest BCUT2D eigenvalue weighted by molar-refractivity contribution is 0.309. The van der Waals surface area contributed by atoms with Gasteiger partial charge in [-0.15, -0.1) is 0 Å². The number of ether oxygens (including phenoxy) is 3. The van der Waals surface area contributed by atoms with Crippen molar-refractivity contribution in [3.63, 3.8) is 0 Å². The highest BCUT2D eigenvalue weighted by molar-refractivity contribution is 5.72. The Bertz CT molecular complexity index is 883. The molecule has 3 aromatic rings. The second-order valence-electron chi connectivity index (χ2n) is 6.07. The number of unbranched alkanes of at least 4 members (excludes halogenated alkanes) is 1. The van der Waals surface area contributed by atoms with Gasteiger partial charge in [-0.1, -0.05) is 13.3 Å². The van der Waals surface area contributed by atoms with Crippen LogP contribution in [0.4, 0.5) is 17.2 Å². The number of hydrogen-bond donors (Lipinski definition) is 2. The second kappa shape index (κ2) is 9.45. The van der Waals surface area contributed by atoms with Gasteiger partial charge in [0.05, 0.1) is 13.7 Å². The van der Waals surface area contributed by atoms with Crippen molar-refractivity contribution in [2.75, 3.05) is 24.8 Å². The van der Waals surface area contributed by atoms with Crippen molar-refractivity contribution >= 4 is 17.2 Å². The summed E-state index contributed by atoms with van der Waals surface area (Å²) in [7, 11) is 1.61. The minimum atomic E-state index is 0.280. The molecule has 0 saturated carbocycles. The van der Waals surface area contributed by atoms with E-state index in [4.69, 9.17) is 19.9 Å². The number of nitrogen functional groups attached to an aromatic ring is 1. The standard InChI is InChI=1S/C21H24N4O3/c1-3-4-13-27-17-7-5-15(6-8-17)25-20-19(22)21(24-14-23-20)28-18-11-9-16(26-2)10-12-18/h5-12,14H,3-4,13,22H2,1-2H3,(H,23,24,25). The molecule has 0 saturated heterocycles. The average molecular weight is 380 g/mol. The van der Waals surface area contributed by atoms with Crippen molar-refractivity contribution in [2.45, 2.75) is 19.8 Å². The molecule has 0 atom stereocenters. The minimum Gasteiger partial charge on any atom is -0.497 e. The van der Waals surface area contributed by atoms with Crippen LogP contribution in [-0.2, 0) is 0 Å². The Hall–Kier alpha value is -3.48. The van der Waals surface area contributed by atoms with Crippen molar-refractivity contribution in [3.8, 4) is 23.1 Å². The molecule has 0 aliphatic rings. The first-order valence-electron chi connectivity index (χ1n) is 9.12. The second-order valence-corrected chi connectivity index (χ2v) is 6.07. The quantitative estimate of drug-likeness (QED) is 0.516. The molecule has 0 unspecified atom stereocenters. The number of nitrogens with zero attached hydrogens (tertiary/aromatic N) is 2. The molecule has 0 amide bonds. The van der Waals surface area contributed by atoms with Crippen LogP contribution in [0.2, 0.25) is 0 Å². The van der Waals surface area contributed by atoms with E-state index in [0.29, 0.717) is 23.9 Å². The fourth-order valence-electron chi connectivity index (χ4n) is 2.42. The van der Waals surface area contributed by atoms with E-state index in [1.807, 2.05) is 24.3 Å². The molecule has 0 radical (unpaired) electrons. The lowest BCUT2D eigenvalue weighted by Gasteiger charge is -2.12. The van der Waals surface area contributed by atoms with Gasteiger partial charge in [0, 0.05) is 5.69 Å². The van der Waals surface area contributed by atoms with Gasteiger partial charge in [0.1, 0.15) is 29.3 Å². The number of methoxy groups -OCH3 is 1. The van der Waals surface area contributed by atoms with Crippen LogP contribution in [0.25, 0.3) is 0 Å². The van der Waals surface area contributed by atoms with Gasteiger partial charge < -0.3 is 25.3 Å². The SMILES string of the molecule is CCCCOc1ccc(Nc2ncnc(Oc3ccc(OC)cc3)c2N)cc1. The van der Waals surface area contributed by atoms with E-state index >= 15 is 0 Å². The summed E-state index contributed by atoms with van der Waals surface area (Å²) in [6.07, 6.45) is 3.54. The first-order chi connectivity index (χ1) is 13.7. The number of benzene rings is 2. The lowest BCUT2D eigenvalue weighted by Crippen LogP contribution is -2.03. The van der Waals surface area contributed by atoms with E-state index in [1.54, 1.807) is 31.4 Å². The van der Waals surface area contributed by atoms with Crippen LogP contribution in [-0.4, -0.2) is 23.7 Å². The Morgan fingerprint density at radius 3 is 2.29 bits per heavy atom. The Balaban J connectivity index is 1.68. The number of rotatable bonds is 9. The first-order valence-corrected chi connectivity index (χ1v) is 9.12. The zero-order valence-electron chi connectivity index (χ0n) is 16.0. The summed E-state index contributed by atoms with van der Waals surface area (Å²) in [4.78, 5) is 8.33. The van der Waals surface area contributed by atoms with E-state index in [-0.39, 0.29) is 5.88 Å². The molecule has 3 N–H and O–H groups in total. The van der Waals surface area contributed by atoms with Crippen LogP contribution in [0.1, 0.15) is 19.8 Å². The predicted molar refractivity (Wildman–Crippen MR) is 110 cm³/mol. The average Bonchev–Trinajstić information content (AvgIpc) is 2.73. The molecule has 28 heavy (non-hydrogen) atoms. The van der Waals surface area contributed by atoms with E-state index in [9.17, 15) is 0 Å². The number of nitrogens with two attached hydrogens (primary N) is 1. The zero-order chi connectivity index (χ0) is 19.8. The van der Waals surface area contributed by atoms with E-state index < -0.39 is 0 Å². The Labute approximate surface area is 164 Å². The van der Waals surface area contributed by atoms with E-state index in [1.165, 1.54) is 6.33 Å². The van der Waals surface area contributed by atoms with Gasteiger partial charge in [0.2, 0.25) is 5.88 Å². The summed E-state index contributed by atoms with van der Waals surface area (Å²) in [5, 5.41) is 3.18. The Kier molecular flexibility index (Phi) is 6.51. The largest absolute Gasteiger partial charge is 0.497 e. The van der Waals surface area contributed by atoms with Crippen LogP contribution in [0, 0.1) is 0 Å². The third-order valence-corrected chi connectivity index (χ3v) is 4.00. The van der Waals surface area contributed by atoms with Gasteiger partial charge in [-0.2, -0.15) is 4.98 Å². The summed E-state index contributed by atoms with van der Waals surface area (Å²) in [6.45, 7) is 2.85. The molecule has 146 valence electrons. The van der Waals surface area contributed by atoms with Crippen molar-refractivity contribution < 1.29 is 14.2 Å². The molecular weight excluding hydrogens is 356 g/mol. The van der Waals surface area contributed by atoms with E-state index in [2.05, 4.69) is 22.2 Å². The maximum Gasteiger partial charge on any atom is 0.248 e. The van der Waals surface area contributed by atoms with Gasteiger partial charge in [0.15, 0.2) is 5.82 Å². The lowest BCUT2D eigenvalue weighted by atomic mass is 10.3. The number of nitrogens with one attached hydrogen (secondary N) is 1. The summed E-state index contributed by atoms with van der Waals surface area (Å²) >= 11 is 0. The Morgan fingerprint density at radius 1 is 0.929 bits per heavy atom. The highest BCUT2D eigenvalue weighted by atomic mass is 16.5. The van der Waals surface area contributed by atoms with Gasteiger partial charge >= 0.3 is 0 Å².